The molecule has 2 nitrogen and oxygen atoms in total. The Hall–Kier alpha value is -0.0200. The molecule has 0 aromatic heterocycles. The van der Waals surface area contributed by atoms with E-state index in [0.717, 1.165) is 25.8 Å². The lowest BCUT2D eigenvalue weighted by Gasteiger charge is -2.40. The van der Waals surface area contributed by atoms with E-state index in [1.165, 1.54) is 12.3 Å². The summed E-state index contributed by atoms with van der Waals surface area (Å²) in [6.07, 6.45) is 2.72. The highest BCUT2D eigenvalue weighted by Crippen LogP contribution is 2.33. The third-order valence-corrected chi connectivity index (χ3v) is 4.49. The molecule has 1 saturated carbocycles. The fourth-order valence-electron chi connectivity index (χ4n) is 2.47. The molecule has 0 amide bonds. The minimum Gasteiger partial charge on any atom is -0.300 e. The lowest BCUT2D eigenvalue weighted by molar-refractivity contribution is -0.117. The van der Waals surface area contributed by atoms with Crippen LogP contribution in [0.2, 0.25) is 0 Å². The number of ketones is 1. The molecule has 0 bridgehead atoms. The second kappa shape index (κ2) is 3.86. The van der Waals surface area contributed by atoms with Crippen molar-refractivity contribution >= 4 is 17.5 Å². The smallest absolute Gasteiger partial charge is 0.134 e. The highest BCUT2D eigenvalue weighted by atomic mass is 32.2. The lowest BCUT2D eigenvalue weighted by atomic mass is 10.1. The standard InChI is InChI=1S/C11H19NOS/c1-11(2)8-12(5-6-14-11)9-3-4-10(13)7-9/h9H,3-8H2,1-2H3. The summed E-state index contributed by atoms with van der Waals surface area (Å²) < 4.78 is 0.379. The molecule has 0 aromatic carbocycles. The first kappa shape index (κ1) is 10.5. The number of carbonyl (C=O) groups is 1. The van der Waals surface area contributed by atoms with E-state index in [1.54, 1.807) is 0 Å². The average Bonchev–Trinajstić information content (AvgIpc) is 2.50. The number of hydrogen-bond donors (Lipinski definition) is 0. The molecule has 3 heteroatoms. The molecular weight excluding hydrogens is 194 g/mol. The molecule has 2 fully saturated rings. The van der Waals surface area contributed by atoms with E-state index in [9.17, 15) is 4.79 Å². The van der Waals surface area contributed by atoms with Gasteiger partial charge in [0.2, 0.25) is 0 Å². The minimum absolute atomic E-state index is 0.379. The van der Waals surface area contributed by atoms with Crippen molar-refractivity contribution in [2.75, 3.05) is 18.8 Å². The lowest BCUT2D eigenvalue weighted by Crippen LogP contribution is -2.47. The maximum Gasteiger partial charge on any atom is 0.134 e. The molecule has 1 heterocycles. The van der Waals surface area contributed by atoms with Crippen molar-refractivity contribution < 1.29 is 4.79 Å². The Kier molecular flexibility index (Phi) is 2.89. The summed E-state index contributed by atoms with van der Waals surface area (Å²) in [5, 5.41) is 0. The van der Waals surface area contributed by atoms with Gasteiger partial charge in [-0.15, -0.1) is 0 Å². The molecule has 80 valence electrons. The van der Waals surface area contributed by atoms with Crippen molar-refractivity contribution in [2.45, 2.75) is 43.9 Å². The quantitative estimate of drug-likeness (QED) is 0.664. The summed E-state index contributed by atoms with van der Waals surface area (Å²) in [7, 11) is 0. The van der Waals surface area contributed by atoms with Gasteiger partial charge in [-0.2, -0.15) is 11.8 Å². The number of hydrogen-bond acceptors (Lipinski definition) is 3. The van der Waals surface area contributed by atoms with Crippen LogP contribution in [0.1, 0.15) is 33.1 Å². The van der Waals surface area contributed by atoms with E-state index in [4.69, 9.17) is 0 Å². The molecule has 0 N–H and O–H groups in total. The van der Waals surface area contributed by atoms with Gasteiger partial charge in [-0.05, 0) is 20.3 Å². The van der Waals surface area contributed by atoms with Crippen molar-refractivity contribution in [1.29, 1.82) is 0 Å². The maximum atomic E-state index is 11.2. The first-order chi connectivity index (χ1) is 6.57. The van der Waals surface area contributed by atoms with Gasteiger partial charge in [0.25, 0.3) is 0 Å². The zero-order valence-electron chi connectivity index (χ0n) is 9.08. The SMILES string of the molecule is CC1(C)CN(C2CCC(=O)C2)CCS1. The van der Waals surface area contributed by atoms with E-state index in [2.05, 4.69) is 30.5 Å². The van der Waals surface area contributed by atoms with Crippen molar-refractivity contribution in [1.82, 2.24) is 4.90 Å². The number of rotatable bonds is 1. The van der Waals surface area contributed by atoms with Crippen LogP contribution in [0.25, 0.3) is 0 Å². The van der Waals surface area contributed by atoms with Crippen LogP contribution in [0.15, 0.2) is 0 Å². The van der Waals surface area contributed by atoms with E-state index in [0.29, 0.717) is 16.6 Å². The van der Waals surface area contributed by atoms with Gasteiger partial charge in [0.1, 0.15) is 5.78 Å². The predicted molar refractivity (Wildman–Crippen MR) is 60.8 cm³/mol. The summed E-state index contributed by atoms with van der Waals surface area (Å²) in [5.41, 5.74) is 0. The molecule has 14 heavy (non-hydrogen) atoms. The maximum absolute atomic E-state index is 11.2. The van der Waals surface area contributed by atoms with Crippen LogP contribution in [0.3, 0.4) is 0 Å². The van der Waals surface area contributed by atoms with Gasteiger partial charge in [-0.1, -0.05) is 0 Å². The normalized spacial score (nSPS) is 33.6. The molecule has 0 radical (unpaired) electrons. The molecule has 2 aliphatic rings. The van der Waals surface area contributed by atoms with E-state index >= 15 is 0 Å². The summed E-state index contributed by atoms with van der Waals surface area (Å²) in [4.78, 5) is 13.8. The monoisotopic (exact) mass is 213 g/mol. The third-order valence-electron chi connectivity index (χ3n) is 3.19. The molecule has 1 saturated heterocycles. The van der Waals surface area contributed by atoms with Crippen LogP contribution in [0.5, 0.6) is 0 Å². The summed E-state index contributed by atoms with van der Waals surface area (Å²) in [6, 6.07) is 0.558. The largest absolute Gasteiger partial charge is 0.300 e. The van der Waals surface area contributed by atoms with Crippen LogP contribution in [-0.2, 0) is 4.79 Å². The Morgan fingerprint density at radius 2 is 2.29 bits per heavy atom. The predicted octanol–water partition coefficient (Wildman–Crippen LogP) is 1.94. The van der Waals surface area contributed by atoms with Gasteiger partial charge in [-0.3, -0.25) is 9.69 Å². The number of nitrogens with zero attached hydrogens (tertiary/aromatic N) is 1. The average molecular weight is 213 g/mol. The second-order valence-electron chi connectivity index (χ2n) is 5.01. The van der Waals surface area contributed by atoms with Crippen molar-refractivity contribution in [3.05, 3.63) is 0 Å². The topological polar surface area (TPSA) is 20.3 Å². The van der Waals surface area contributed by atoms with Gasteiger partial charge in [0.15, 0.2) is 0 Å². The molecule has 1 aliphatic heterocycles. The molecule has 1 unspecified atom stereocenters. The minimum atomic E-state index is 0.379. The fraction of sp³-hybridized carbons (Fsp3) is 0.909. The number of carbonyl (C=O) groups excluding carboxylic acids is 1. The van der Waals surface area contributed by atoms with Gasteiger partial charge in [-0.25, -0.2) is 0 Å². The molecule has 1 aliphatic carbocycles. The van der Waals surface area contributed by atoms with Crippen LogP contribution >= 0.6 is 11.8 Å². The Labute approximate surface area is 90.4 Å². The van der Waals surface area contributed by atoms with Crippen LogP contribution in [0.4, 0.5) is 0 Å². The Morgan fingerprint density at radius 1 is 1.50 bits per heavy atom. The Morgan fingerprint density at radius 3 is 2.86 bits per heavy atom. The van der Waals surface area contributed by atoms with Crippen molar-refractivity contribution in [3.63, 3.8) is 0 Å². The second-order valence-corrected chi connectivity index (χ2v) is 6.82. The zero-order chi connectivity index (χ0) is 10.2. The highest BCUT2D eigenvalue weighted by Gasteiger charge is 2.34. The molecule has 0 spiro atoms. The Bertz CT molecular complexity index is 239. The zero-order valence-corrected chi connectivity index (χ0v) is 9.90. The van der Waals surface area contributed by atoms with Gasteiger partial charge < -0.3 is 0 Å². The van der Waals surface area contributed by atoms with E-state index < -0.39 is 0 Å². The molecule has 0 aromatic rings. The Balaban J connectivity index is 1.94. The van der Waals surface area contributed by atoms with E-state index in [1.807, 2.05) is 0 Å². The van der Waals surface area contributed by atoms with Crippen molar-refractivity contribution in [3.8, 4) is 0 Å². The van der Waals surface area contributed by atoms with E-state index in [-0.39, 0.29) is 0 Å². The van der Waals surface area contributed by atoms with Crippen LogP contribution < -0.4 is 0 Å². The highest BCUT2D eigenvalue weighted by molar-refractivity contribution is 8.00. The third kappa shape index (κ3) is 2.31. The van der Waals surface area contributed by atoms with Crippen LogP contribution in [0, 0.1) is 0 Å². The number of Topliss-reactive ketones (excluding diaryl/α,β-unsaturated/α-hetero) is 1. The van der Waals surface area contributed by atoms with Crippen LogP contribution in [-0.4, -0.2) is 40.3 Å². The number of thioether (sulfide) groups is 1. The molecular formula is C11H19NOS. The first-order valence-electron chi connectivity index (χ1n) is 5.46. The van der Waals surface area contributed by atoms with Gasteiger partial charge in [0.05, 0.1) is 0 Å². The summed E-state index contributed by atoms with van der Waals surface area (Å²) in [6.45, 7) is 6.93. The first-order valence-corrected chi connectivity index (χ1v) is 6.45. The van der Waals surface area contributed by atoms with Gasteiger partial charge >= 0.3 is 0 Å². The molecule has 2 rings (SSSR count). The summed E-state index contributed by atoms with van der Waals surface area (Å²) in [5.74, 6) is 1.68. The summed E-state index contributed by atoms with van der Waals surface area (Å²) >= 11 is 2.06. The van der Waals surface area contributed by atoms with Gasteiger partial charge in [0, 0.05) is 42.5 Å². The fourth-order valence-corrected chi connectivity index (χ4v) is 3.61. The molecule has 1 atom stereocenters. The van der Waals surface area contributed by atoms with Crippen molar-refractivity contribution in [2.24, 2.45) is 0 Å².